The smallest absolute Gasteiger partial charge is 0.213 e. The topological polar surface area (TPSA) is 39.1 Å². The van der Waals surface area contributed by atoms with Crippen LogP contribution in [0.25, 0.3) is 0 Å². The third-order valence-corrected chi connectivity index (χ3v) is 3.24. The number of rotatable bonds is 4. The van der Waals surface area contributed by atoms with Crippen LogP contribution in [0.4, 0.5) is 5.82 Å². The number of aryl methyl sites for hydroxylation is 1. The van der Waals surface area contributed by atoms with Gasteiger partial charge in [-0.05, 0) is 11.6 Å². The first-order valence-electron chi connectivity index (χ1n) is 5.26. The molecular formula is C12H14BrN3O. The van der Waals surface area contributed by atoms with Gasteiger partial charge in [0, 0.05) is 24.1 Å². The van der Waals surface area contributed by atoms with E-state index in [9.17, 15) is 0 Å². The molecule has 0 radical (unpaired) electrons. The molecule has 0 aliphatic heterocycles. The Kier molecular flexibility index (Phi) is 3.68. The third kappa shape index (κ3) is 2.79. The quantitative estimate of drug-likeness (QED) is 0.943. The molecule has 2 rings (SSSR count). The number of nitrogens with zero attached hydrogens (tertiary/aromatic N) is 2. The Balaban J connectivity index is 2.05. The van der Waals surface area contributed by atoms with Gasteiger partial charge in [0.15, 0.2) is 5.82 Å². The lowest BCUT2D eigenvalue weighted by Crippen LogP contribution is -2.01. The number of ether oxygens (including phenoxy) is 1. The summed E-state index contributed by atoms with van der Waals surface area (Å²) in [7, 11) is 3.48. The number of nitrogens with one attached hydrogen (secondary N) is 1. The normalized spacial score (nSPS) is 10.3. The minimum atomic E-state index is 0.724. The predicted octanol–water partition coefficient (Wildman–Crippen LogP) is 2.80. The Morgan fingerprint density at radius 2 is 2.18 bits per heavy atom. The fraction of sp³-hybridized carbons (Fsp3) is 0.250. The Bertz CT molecular complexity index is 510. The molecule has 4 nitrogen and oxygen atoms in total. The zero-order valence-corrected chi connectivity index (χ0v) is 11.4. The van der Waals surface area contributed by atoms with Gasteiger partial charge in [-0.3, -0.25) is 0 Å². The summed E-state index contributed by atoms with van der Waals surface area (Å²) in [5.41, 5.74) is 1.19. The van der Waals surface area contributed by atoms with Gasteiger partial charge in [-0.15, -0.1) is 0 Å². The first-order valence-corrected chi connectivity index (χ1v) is 6.05. The molecule has 0 amide bonds. The monoisotopic (exact) mass is 295 g/mol. The number of anilines is 1. The molecule has 0 unspecified atom stereocenters. The average molecular weight is 296 g/mol. The van der Waals surface area contributed by atoms with Crippen molar-refractivity contribution in [1.29, 1.82) is 0 Å². The van der Waals surface area contributed by atoms with E-state index in [1.807, 2.05) is 31.3 Å². The van der Waals surface area contributed by atoms with Crippen LogP contribution in [-0.4, -0.2) is 16.9 Å². The van der Waals surface area contributed by atoms with E-state index in [0.29, 0.717) is 0 Å². The van der Waals surface area contributed by atoms with Gasteiger partial charge in [-0.1, -0.05) is 34.1 Å². The molecule has 0 atom stereocenters. The van der Waals surface area contributed by atoms with Crippen LogP contribution in [0.5, 0.6) is 5.88 Å². The Labute approximate surface area is 109 Å². The van der Waals surface area contributed by atoms with Crippen LogP contribution in [0.15, 0.2) is 34.8 Å². The van der Waals surface area contributed by atoms with Crippen LogP contribution in [0.2, 0.25) is 0 Å². The molecule has 0 bridgehead atoms. The van der Waals surface area contributed by atoms with Crippen LogP contribution >= 0.6 is 15.9 Å². The zero-order valence-electron chi connectivity index (χ0n) is 9.77. The summed E-state index contributed by atoms with van der Waals surface area (Å²) in [6, 6.07) is 9.97. The standard InChI is InChI=1S/C12H14BrN3O/c1-16-12(17-2)7-11(15-16)14-8-9-5-3-4-6-10(9)13/h3-7H,8H2,1-2H3,(H,14,15). The van der Waals surface area contributed by atoms with Crippen molar-refractivity contribution in [3.8, 4) is 5.88 Å². The summed E-state index contributed by atoms with van der Waals surface area (Å²) in [4.78, 5) is 0. The van der Waals surface area contributed by atoms with E-state index in [-0.39, 0.29) is 0 Å². The molecule has 90 valence electrons. The fourth-order valence-corrected chi connectivity index (χ4v) is 1.98. The lowest BCUT2D eigenvalue weighted by atomic mass is 10.2. The molecule has 2 aromatic rings. The summed E-state index contributed by atoms with van der Waals surface area (Å²) in [6.07, 6.45) is 0. The van der Waals surface area contributed by atoms with Crippen LogP contribution < -0.4 is 10.1 Å². The van der Waals surface area contributed by atoms with Gasteiger partial charge >= 0.3 is 0 Å². The van der Waals surface area contributed by atoms with Crippen molar-refractivity contribution in [3.63, 3.8) is 0 Å². The van der Waals surface area contributed by atoms with E-state index >= 15 is 0 Å². The minimum Gasteiger partial charge on any atom is -0.481 e. The largest absolute Gasteiger partial charge is 0.481 e. The molecule has 0 saturated heterocycles. The van der Waals surface area contributed by atoms with Gasteiger partial charge in [-0.2, -0.15) is 5.10 Å². The molecule has 0 spiro atoms. The molecule has 17 heavy (non-hydrogen) atoms. The number of benzene rings is 1. The van der Waals surface area contributed by atoms with Crippen molar-refractivity contribution in [3.05, 3.63) is 40.4 Å². The first kappa shape index (κ1) is 12.0. The van der Waals surface area contributed by atoms with E-state index in [1.165, 1.54) is 5.56 Å². The Morgan fingerprint density at radius 1 is 1.41 bits per heavy atom. The van der Waals surface area contributed by atoms with Gasteiger partial charge in [0.2, 0.25) is 5.88 Å². The molecule has 0 aliphatic rings. The lowest BCUT2D eigenvalue weighted by molar-refractivity contribution is 0.373. The minimum absolute atomic E-state index is 0.724. The summed E-state index contributed by atoms with van der Waals surface area (Å²) in [5.74, 6) is 1.54. The van der Waals surface area contributed by atoms with Crippen molar-refractivity contribution in [2.45, 2.75) is 6.54 Å². The lowest BCUT2D eigenvalue weighted by Gasteiger charge is -2.04. The maximum Gasteiger partial charge on any atom is 0.213 e. The van der Waals surface area contributed by atoms with Crippen LogP contribution in [0.3, 0.4) is 0 Å². The van der Waals surface area contributed by atoms with Crippen molar-refractivity contribution in [1.82, 2.24) is 9.78 Å². The Morgan fingerprint density at radius 3 is 2.82 bits per heavy atom. The number of hydrogen-bond acceptors (Lipinski definition) is 3. The fourth-order valence-electron chi connectivity index (χ4n) is 1.56. The van der Waals surface area contributed by atoms with E-state index in [0.717, 1.165) is 22.7 Å². The highest BCUT2D eigenvalue weighted by Crippen LogP contribution is 2.19. The zero-order chi connectivity index (χ0) is 12.3. The summed E-state index contributed by atoms with van der Waals surface area (Å²) in [5, 5.41) is 7.55. The molecule has 0 fully saturated rings. The Hall–Kier alpha value is -1.49. The van der Waals surface area contributed by atoms with E-state index in [4.69, 9.17) is 4.74 Å². The van der Waals surface area contributed by atoms with Crippen molar-refractivity contribution in [2.75, 3.05) is 12.4 Å². The molecule has 1 aromatic carbocycles. The highest BCUT2D eigenvalue weighted by Gasteiger charge is 2.05. The van der Waals surface area contributed by atoms with E-state index in [2.05, 4.69) is 32.4 Å². The van der Waals surface area contributed by atoms with Gasteiger partial charge in [0.1, 0.15) is 0 Å². The highest BCUT2D eigenvalue weighted by atomic mass is 79.9. The van der Waals surface area contributed by atoms with Gasteiger partial charge < -0.3 is 10.1 Å². The number of methoxy groups -OCH3 is 1. The van der Waals surface area contributed by atoms with Gasteiger partial charge in [-0.25, -0.2) is 4.68 Å². The van der Waals surface area contributed by atoms with Crippen molar-refractivity contribution < 1.29 is 4.74 Å². The summed E-state index contributed by atoms with van der Waals surface area (Å²) < 4.78 is 7.94. The molecule has 0 saturated carbocycles. The predicted molar refractivity (Wildman–Crippen MR) is 71.2 cm³/mol. The second-order valence-electron chi connectivity index (χ2n) is 3.64. The molecule has 0 aliphatic carbocycles. The summed E-state index contributed by atoms with van der Waals surface area (Å²) in [6.45, 7) is 0.724. The number of halogens is 1. The third-order valence-electron chi connectivity index (χ3n) is 2.46. The first-order chi connectivity index (χ1) is 8.20. The average Bonchev–Trinajstić information content (AvgIpc) is 2.69. The maximum atomic E-state index is 5.15. The highest BCUT2D eigenvalue weighted by molar-refractivity contribution is 9.10. The van der Waals surface area contributed by atoms with E-state index in [1.54, 1.807) is 11.8 Å². The molecule has 1 N–H and O–H groups in total. The van der Waals surface area contributed by atoms with Crippen molar-refractivity contribution in [2.24, 2.45) is 7.05 Å². The SMILES string of the molecule is COc1cc(NCc2ccccc2Br)nn1C. The molecule has 1 heterocycles. The van der Waals surface area contributed by atoms with Crippen LogP contribution in [0.1, 0.15) is 5.56 Å². The molecule has 5 heteroatoms. The van der Waals surface area contributed by atoms with E-state index < -0.39 is 0 Å². The molecular weight excluding hydrogens is 282 g/mol. The maximum absolute atomic E-state index is 5.15. The van der Waals surface area contributed by atoms with Crippen molar-refractivity contribution >= 4 is 21.7 Å². The second kappa shape index (κ2) is 5.23. The van der Waals surface area contributed by atoms with Crippen LogP contribution in [-0.2, 0) is 13.6 Å². The van der Waals surface area contributed by atoms with Crippen LogP contribution in [0, 0.1) is 0 Å². The number of hydrogen-bond donors (Lipinski definition) is 1. The molecule has 1 aromatic heterocycles. The summed E-state index contributed by atoms with van der Waals surface area (Å²) >= 11 is 3.51. The van der Waals surface area contributed by atoms with Gasteiger partial charge in [0.05, 0.1) is 7.11 Å². The second-order valence-corrected chi connectivity index (χ2v) is 4.49. The van der Waals surface area contributed by atoms with Gasteiger partial charge in [0.25, 0.3) is 0 Å². The number of aromatic nitrogens is 2.